The van der Waals surface area contributed by atoms with Gasteiger partial charge in [-0.25, -0.2) is 9.97 Å². The van der Waals surface area contributed by atoms with Crippen molar-refractivity contribution >= 4 is 0 Å². The van der Waals surface area contributed by atoms with E-state index >= 15 is 0 Å². The molecule has 4 nitrogen and oxygen atoms in total. The van der Waals surface area contributed by atoms with E-state index in [1.54, 1.807) is 7.11 Å². The highest BCUT2D eigenvalue weighted by Crippen LogP contribution is 2.18. The third kappa shape index (κ3) is 2.39. The van der Waals surface area contributed by atoms with Gasteiger partial charge in [0.15, 0.2) is 0 Å². The lowest BCUT2D eigenvalue weighted by atomic mass is 10.1. The van der Waals surface area contributed by atoms with Crippen LogP contribution in [0, 0.1) is 0 Å². The van der Waals surface area contributed by atoms with Gasteiger partial charge in [-0.1, -0.05) is 13.3 Å². The summed E-state index contributed by atoms with van der Waals surface area (Å²) in [5, 5.41) is 3.34. The lowest BCUT2D eigenvalue weighted by molar-refractivity contribution is 0.200. The molecule has 1 N–H and O–H groups in total. The second-order valence-electron chi connectivity index (χ2n) is 4.11. The van der Waals surface area contributed by atoms with Crippen LogP contribution in [0.2, 0.25) is 0 Å². The van der Waals surface area contributed by atoms with Crippen LogP contribution >= 0.6 is 0 Å². The van der Waals surface area contributed by atoms with E-state index in [9.17, 15) is 0 Å². The van der Waals surface area contributed by atoms with Gasteiger partial charge in [0.2, 0.25) is 0 Å². The SMILES string of the molecule is CCCc1nc(CCOC)nc2c1CNC2. The third-order valence-corrected chi connectivity index (χ3v) is 2.84. The molecule has 2 rings (SSSR count). The fraction of sp³-hybridized carbons (Fsp3) is 0.667. The number of fused-ring (bicyclic) bond motifs is 1. The number of methoxy groups -OCH3 is 1. The molecule has 0 atom stereocenters. The molecular weight excluding hydrogens is 202 g/mol. The number of aromatic nitrogens is 2. The summed E-state index contributed by atoms with van der Waals surface area (Å²) >= 11 is 0. The molecule has 0 radical (unpaired) electrons. The number of aryl methyl sites for hydroxylation is 1. The smallest absolute Gasteiger partial charge is 0.131 e. The first-order valence-corrected chi connectivity index (χ1v) is 5.92. The molecule has 0 unspecified atom stereocenters. The van der Waals surface area contributed by atoms with Gasteiger partial charge in [-0.05, 0) is 6.42 Å². The summed E-state index contributed by atoms with van der Waals surface area (Å²) in [6.45, 7) is 4.69. The van der Waals surface area contributed by atoms with Gasteiger partial charge in [0.25, 0.3) is 0 Å². The van der Waals surface area contributed by atoms with Crippen molar-refractivity contribution in [3.8, 4) is 0 Å². The van der Waals surface area contributed by atoms with E-state index in [4.69, 9.17) is 4.74 Å². The molecule has 0 saturated heterocycles. The summed E-state index contributed by atoms with van der Waals surface area (Å²) in [6.07, 6.45) is 2.99. The minimum atomic E-state index is 0.692. The van der Waals surface area contributed by atoms with Crippen molar-refractivity contribution in [1.29, 1.82) is 0 Å². The largest absolute Gasteiger partial charge is 0.384 e. The molecule has 4 heteroatoms. The molecule has 2 heterocycles. The number of ether oxygens (including phenoxy) is 1. The quantitative estimate of drug-likeness (QED) is 0.812. The summed E-state index contributed by atoms with van der Waals surface area (Å²) in [7, 11) is 1.71. The van der Waals surface area contributed by atoms with Crippen LogP contribution in [0.5, 0.6) is 0 Å². The minimum absolute atomic E-state index is 0.692. The average Bonchev–Trinajstić information content (AvgIpc) is 2.75. The molecule has 0 saturated carbocycles. The lowest BCUT2D eigenvalue weighted by Crippen LogP contribution is -2.08. The van der Waals surface area contributed by atoms with E-state index in [0.29, 0.717) is 6.61 Å². The molecule has 16 heavy (non-hydrogen) atoms. The van der Waals surface area contributed by atoms with Gasteiger partial charge in [0.1, 0.15) is 5.82 Å². The normalized spacial score (nSPS) is 14.1. The maximum atomic E-state index is 5.07. The second kappa shape index (κ2) is 5.37. The van der Waals surface area contributed by atoms with Crippen LogP contribution in [0.15, 0.2) is 0 Å². The fourth-order valence-electron chi connectivity index (χ4n) is 2.04. The van der Waals surface area contributed by atoms with Crippen LogP contribution in [0.1, 0.15) is 36.1 Å². The van der Waals surface area contributed by atoms with Crippen molar-refractivity contribution < 1.29 is 4.74 Å². The summed E-state index contributed by atoms with van der Waals surface area (Å²) in [5.41, 5.74) is 3.73. The van der Waals surface area contributed by atoms with Gasteiger partial charge in [0, 0.05) is 37.9 Å². The molecule has 1 aliphatic rings. The van der Waals surface area contributed by atoms with Crippen LogP contribution in [0.3, 0.4) is 0 Å². The number of rotatable bonds is 5. The number of nitrogens with zero attached hydrogens (tertiary/aromatic N) is 2. The molecule has 88 valence electrons. The highest BCUT2D eigenvalue weighted by molar-refractivity contribution is 5.29. The highest BCUT2D eigenvalue weighted by Gasteiger charge is 2.17. The first-order valence-electron chi connectivity index (χ1n) is 5.92. The molecule has 0 fully saturated rings. The van der Waals surface area contributed by atoms with Crippen LogP contribution in [0.4, 0.5) is 0 Å². The number of nitrogens with one attached hydrogen (secondary N) is 1. The Morgan fingerprint density at radius 1 is 1.25 bits per heavy atom. The highest BCUT2D eigenvalue weighted by atomic mass is 16.5. The van der Waals surface area contributed by atoms with E-state index in [2.05, 4.69) is 22.2 Å². The van der Waals surface area contributed by atoms with Gasteiger partial charge in [0.05, 0.1) is 12.3 Å². The van der Waals surface area contributed by atoms with Gasteiger partial charge in [-0.2, -0.15) is 0 Å². The van der Waals surface area contributed by atoms with Gasteiger partial charge in [-0.15, -0.1) is 0 Å². The standard InChI is InChI=1S/C12H19N3O/c1-3-4-10-9-7-13-8-11(9)15-12(14-10)5-6-16-2/h13H,3-8H2,1-2H3. The Bertz CT molecular complexity index is 366. The maximum absolute atomic E-state index is 5.07. The zero-order chi connectivity index (χ0) is 11.4. The van der Waals surface area contributed by atoms with Crippen LogP contribution in [0.25, 0.3) is 0 Å². The average molecular weight is 221 g/mol. The summed E-state index contributed by atoms with van der Waals surface area (Å²) < 4.78 is 5.07. The minimum Gasteiger partial charge on any atom is -0.384 e. The van der Waals surface area contributed by atoms with E-state index in [-0.39, 0.29) is 0 Å². The van der Waals surface area contributed by atoms with Gasteiger partial charge in [-0.3, -0.25) is 0 Å². The Balaban J connectivity index is 2.24. The molecule has 0 bridgehead atoms. The molecule has 0 aromatic carbocycles. The third-order valence-electron chi connectivity index (χ3n) is 2.84. The van der Waals surface area contributed by atoms with Crippen LogP contribution in [-0.2, 0) is 30.7 Å². The van der Waals surface area contributed by atoms with E-state index in [1.165, 1.54) is 17.0 Å². The molecular formula is C12H19N3O. The topological polar surface area (TPSA) is 47.0 Å². The van der Waals surface area contributed by atoms with Gasteiger partial charge >= 0.3 is 0 Å². The van der Waals surface area contributed by atoms with Crippen molar-refractivity contribution in [3.63, 3.8) is 0 Å². The Morgan fingerprint density at radius 2 is 2.12 bits per heavy atom. The predicted molar refractivity (Wildman–Crippen MR) is 62.2 cm³/mol. The molecule has 1 aliphatic heterocycles. The Hall–Kier alpha value is -1.00. The van der Waals surface area contributed by atoms with Gasteiger partial charge < -0.3 is 10.1 Å². The molecule has 1 aromatic rings. The molecule has 0 amide bonds. The Labute approximate surface area is 96.4 Å². The number of hydrogen-bond acceptors (Lipinski definition) is 4. The zero-order valence-electron chi connectivity index (χ0n) is 10.0. The first kappa shape index (κ1) is 11.5. The van der Waals surface area contributed by atoms with E-state index in [0.717, 1.165) is 38.2 Å². The van der Waals surface area contributed by atoms with Crippen molar-refractivity contribution in [2.24, 2.45) is 0 Å². The van der Waals surface area contributed by atoms with Crippen LogP contribution < -0.4 is 5.32 Å². The maximum Gasteiger partial charge on any atom is 0.131 e. The lowest BCUT2D eigenvalue weighted by Gasteiger charge is -2.08. The predicted octanol–water partition coefficient (Wildman–Crippen LogP) is 1.22. The molecule has 0 aliphatic carbocycles. The Morgan fingerprint density at radius 3 is 2.88 bits per heavy atom. The van der Waals surface area contributed by atoms with Crippen LogP contribution in [-0.4, -0.2) is 23.7 Å². The second-order valence-corrected chi connectivity index (χ2v) is 4.11. The van der Waals surface area contributed by atoms with Crippen molar-refractivity contribution in [1.82, 2.24) is 15.3 Å². The summed E-state index contributed by atoms with van der Waals surface area (Å²) in [4.78, 5) is 9.22. The summed E-state index contributed by atoms with van der Waals surface area (Å²) in [6, 6.07) is 0. The zero-order valence-corrected chi connectivity index (χ0v) is 10.0. The molecule has 1 aromatic heterocycles. The number of hydrogen-bond donors (Lipinski definition) is 1. The summed E-state index contributed by atoms with van der Waals surface area (Å²) in [5.74, 6) is 0.924. The van der Waals surface area contributed by atoms with E-state index in [1.807, 2.05) is 0 Å². The van der Waals surface area contributed by atoms with E-state index < -0.39 is 0 Å². The van der Waals surface area contributed by atoms with Crippen molar-refractivity contribution in [2.75, 3.05) is 13.7 Å². The monoisotopic (exact) mass is 221 g/mol. The fourth-order valence-corrected chi connectivity index (χ4v) is 2.04. The van der Waals surface area contributed by atoms with Crippen molar-refractivity contribution in [3.05, 3.63) is 22.8 Å². The Kier molecular flexibility index (Phi) is 3.85. The first-order chi connectivity index (χ1) is 7.85. The molecule has 0 spiro atoms. The van der Waals surface area contributed by atoms with Crippen molar-refractivity contribution in [2.45, 2.75) is 39.3 Å².